The lowest BCUT2D eigenvalue weighted by molar-refractivity contribution is 0.477. The van der Waals surface area contributed by atoms with Crippen LogP contribution in [0, 0.1) is 20.8 Å². The van der Waals surface area contributed by atoms with Crippen LogP contribution in [0.5, 0.6) is 11.5 Å². The molecule has 0 atom stereocenters. The zero-order chi connectivity index (χ0) is 44.4. The van der Waals surface area contributed by atoms with Gasteiger partial charge in [-0.25, -0.2) is 0 Å². The molecule has 0 spiro atoms. The number of rotatable bonds is 5. The first-order valence-corrected chi connectivity index (χ1v) is 23.0. The molecule has 3 aliphatic rings. The van der Waals surface area contributed by atoms with Gasteiger partial charge in [-0.1, -0.05) is 161 Å². The molecule has 0 amide bonds. The maximum Gasteiger partial charge on any atom is 0.152 e. The van der Waals surface area contributed by atoms with Gasteiger partial charge >= 0.3 is 0 Å². The Morgan fingerprint density at radius 3 is 1.15 bits per heavy atom. The van der Waals surface area contributed by atoms with Crippen LogP contribution in [0.3, 0.4) is 0 Å². The van der Waals surface area contributed by atoms with Gasteiger partial charge in [-0.2, -0.15) is 0 Å². The van der Waals surface area contributed by atoms with Gasteiger partial charge in [-0.05, 0) is 164 Å². The summed E-state index contributed by atoms with van der Waals surface area (Å²) in [4.78, 5) is 2.48. The average molecular weight is 838 g/mol. The van der Waals surface area contributed by atoms with E-state index in [0.717, 1.165) is 39.7 Å². The molecule has 0 saturated heterocycles. The number of nitrogens with zero attached hydrogens (tertiary/aromatic N) is 1. The van der Waals surface area contributed by atoms with Crippen LogP contribution in [0.2, 0.25) is 0 Å². The highest BCUT2D eigenvalue weighted by Crippen LogP contribution is 2.58. The Morgan fingerprint density at radius 2 is 0.708 bits per heavy atom. The first-order chi connectivity index (χ1) is 31.5. The summed E-state index contributed by atoms with van der Waals surface area (Å²) >= 11 is 0. The van der Waals surface area contributed by atoms with Gasteiger partial charge in [0.05, 0.1) is 17.1 Å². The highest BCUT2D eigenvalue weighted by molar-refractivity contribution is 6.02. The van der Waals surface area contributed by atoms with Crippen LogP contribution in [0.4, 0.5) is 17.1 Å². The van der Waals surface area contributed by atoms with Crippen molar-refractivity contribution in [3.8, 4) is 78.3 Å². The molecule has 9 aromatic rings. The van der Waals surface area contributed by atoms with Gasteiger partial charge < -0.3 is 9.64 Å². The third kappa shape index (κ3) is 5.93. The molecular weight excluding hydrogens is 787 g/mol. The molecule has 0 N–H and O–H groups in total. The van der Waals surface area contributed by atoms with Crippen molar-refractivity contribution in [3.63, 3.8) is 0 Å². The van der Waals surface area contributed by atoms with Gasteiger partial charge in [0.2, 0.25) is 0 Å². The molecule has 12 rings (SSSR count). The number of hydrogen-bond donors (Lipinski definition) is 0. The Morgan fingerprint density at radius 1 is 0.338 bits per heavy atom. The molecule has 2 nitrogen and oxygen atoms in total. The van der Waals surface area contributed by atoms with Crippen LogP contribution in [0.1, 0.15) is 66.6 Å². The van der Waals surface area contributed by atoms with Gasteiger partial charge in [-0.15, -0.1) is 0 Å². The van der Waals surface area contributed by atoms with Crippen LogP contribution in [0.15, 0.2) is 182 Å². The summed E-state index contributed by atoms with van der Waals surface area (Å²) in [5.41, 5.74) is 26.8. The van der Waals surface area contributed by atoms with Crippen LogP contribution >= 0.6 is 0 Å². The second kappa shape index (κ2) is 14.3. The van der Waals surface area contributed by atoms with E-state index in [1.807, 2.05) is 0 Å². The Hall–Kier alpha value is -7.42. The van der Waals surface area contributed by atoms with Crippen molar-refractivity contribution in [3.05, 3.63) is 221 Å². The first kappa shape index (κ1) is 39.2. The van der Waals surface area contributed by atoms with E-state index < -0.39 is 0 Å². The fraction of sp³-hybridized carbons (Fsp3) is 0.143. The van der Waals surface area contributed by atoms with Gasteiger partial charge in [0.25, 0.3) is 0 Å². The van der Waals surface area contributed by atoms with E-state index in [-0.39, 0.29) is 10.8 Å². The zero-order valence-electron chi connectivity index (χ0n) is 38.2. The maximum atomic E-state index is 7.24. The molecule has 0 aromatic heterocycles. The molecule has 1 heterocycles. The molecule has 0 unspecified atom stereocenters. The Kier molecular flexibility index (Phi) is 8.62. The molecule has 1 aliphatic heterocycles. The minimum Gasteiger partial charge on any atom is -0.453 e. The molecule has 2 aliphatic carbocycles. The smallest absolute Gasteiger partial charge is 0.152 e. The van der Waals surface area contributed by atoms with Crippen molar-refractivity contribution in [2.75, 3.05) is 4.90 Å². The summed E-state index contributed by atoms with van der Waals surface area (Å²) < 4.78 is 7.24. The minimum absolute atomic E-state index is 0.0995. The van der Waals surface area contributed by atoms with Gasteiger partial charge in [0.15, 0.2) is 11.5 Å². The topological polar surface area (TPSA) is 12.5 Å². The minimum atomic E-state index is -0.0995. The molecule has 0 saturated carbocycles. The summed E-state index contributed by atoms with van der Waals surface area (Å²) in [6, 6.07) is 67.7. The van der Waals surface area contributed by atoms with E-state index in [0.29, 0.717) is 0 Å². The van der Waals surface area contributed by atoms with E-state index in [1.165, 1.54) is 94.6 Å². The number of benzene rings is 9. The van der Waals surface area contributed by atoms with E-state index in [4.69, 9.17) is 4.74 Å². The zero-order valence-corrected chi connectivity index (χ0v) is 38.2. The van der Waals surface area contributed by atoms with Crippen molar-refractivity contribution >= 4 is 17.1 Å². The predicted molar refractivity (Wildman–Crippen MR) is 272 cm³/mol. The third-order valence-corrected chi connectivity index (χ3v) is 14.8. The van der Waals surface area contributed by atoms with Crippen LogP contribution in [0.25, 0.3) is 66.8 Å². The number of aryl methyl sites for hydroxylation is 3. The Balaban J connectivity index is 1.07. The molecular formula is C63H51NO. The molecule has 0 bridgehead atoms. The lowest BCUT2D eigenvalue weighted by atomic mass is 9.81. The van der Waals surface area contributed by atoms with Crippen molar-refractivity contribution < 1.29 is 4.74 Å². The summed E-state index contributed by atoms with van der Waals surface area (Å²) in [7, 11) is 0. The van der Waals surface area contributed by atoms with Crippen LogP contribution in [-0.2, 0) is 10.8 Å². The van der Waals surface area contributed by atoms with Crippen LogP contribution < -0.4 is 9.64 Å². The maximum absolute atomic E-state index is 7.24. The van der Waals surface area contributed by atoms with Crippen molar-refractivity contribution in [2.24, 2.45) is 0 Å². The number of ether oxygens (including phenoxy) is 1. The first-order valence-electron chi connectivity index (χ1n) is 23.0. The fourth-order valence-corrected chi connectivity index (χ4v) is 11.4. The van der Waals surface area contributed by atoms with Gasteiger partial charge in [0, 0.05) is 22.0 Å². The van der Waals surface area contributed by atoms with E-state index in [1.54, 1.807) is 0 Å². The van der Waals surface area contributed by atoms with Crippen molar-refractivity contribution in [1.29, 1.82) is 0 Å². The summed E-state index contributed by atoms with van der Waals surface area (Å²) in [6.07, 6.45) is 0. The molecule has 65 heavy (non-hydrogen) atoms. The van der Waals surface area contributed by atoms with Gasteiger partial charge in [0.1, 0.15) is 0 Å². The molecule has 314 valence electrons. The Bertz CT molecular complexity index is 3230. The average Bonchev–Trinajstić information content (AvgIpc) is 3.69. The van der Waals surface area contributed by atoms with Crippen LogP contribution in [-0.4, -0.2) is 0 Å². The lowest BCUT2D eigenvalue weighted by Gasteiger charge is -2.36. The van der Waals surface area contributed by atoms with E-state index >= 15 is 0 Å². The van der Waals surface area contributed by atoms with Gasteiger partial charge in [-0.3, -0.25) is 0 Å². The van der Waals surface area contributed by atoms with E-state index in [9.17, 15) is 0 Å². The second-order valence-electron chi connectivity index (χ2n) is 19.5. The SMILES string of the molecule is Cc1cc(-c2ccccc2C)c(N2c3ccc(-c4ccc5c(c4)C(C)(C)c4ccccc4-5)cc3Oc3cc(-c4ccc5c(c4)C(C)(C)c4ccccc4-5)ccc32)c(-c2ccccc2C)c1. The number of anilines is 3. The molecule has 9 aromatic carbocycles. The standard InChI is InChI=1S/C63H51NO/c1-38-32-51(45-18-10-8-16-39(45)2)61(52(33-38)46-19-11-9-17-40(46)3)64-57-30-26-43(41-24-28-49-47-20-12-14-22-53(47)62(4,5)55(49)34-41)36-59(57)65-60-37-44(27-31-58(60)64)42-25-29-50-48-21-13-15-23-54(48)63(6,7)56(50)35-42/h8-37H,1-7H3. The monoisotopic (exact) mass is 837 g/mol. The molecule has 0 fully saturated rings. The largest absolute Gasteiger partial charge is 0.453 e. The second-order valence-corrected chi connectivity index (χ2v) is 19.5. The highest BCUT2D eigenvalue weighted by Gasteiger charge is 2.37. The predicted octanol–water partition coefficient (Wildman–Crippen LogP) is 17.5. The van der Waals surface area contributed by atoms with Crippen molar-refractivity contribution in [1.82, 2.24) is 0 Å². The fourth-order valence-electron chi connectivity index (χ4n) is 11.4. The quantitative estimate of drug-likeness (QED) is 0.171. The Labute approximate surface area is 383 Å². The summed E-state index contributed by atoms with van der Waals surface area (Å²) in [5, 5.41) is 0. The summed E-state index contributed by atoms with van der Waals surface area (Å²) in [5.74, 6) is 1.65. The number of fused-ring (bicyclic) bond motifs is 8. The highest BCUT2D eigenvalue weighted by atomic mass is 16.5. The normalized spacial score (nSPS) is 14.4. The number of hydrogen-bond acceptors (Lipinski definition) is 2. The molecule has 2 heteroatoms. The third-order valence-electron chi connectivity index (χ3n) is 14.8. The van der Waals surface area contributed by atoms with Crippen molar-refractivity contribution in [2.45, 2.75) is 59.3 Å². The molecule has 0 radical (unpaired) electrons. The lowest BCUT2D eigenvalue weighted by Crippen LogP contribution is -2.18. The summed E-state index contributed by atoms with van der Waals surface area (Å²) in [6.45, 7) is 16.1. The van der Waals surface area contributed by atoms with E-state index in [2.05, 4.69) is 235 Å².